The van der Waals surface area contributed by atoms with Gasteiger partial charge in [0.25, 0.3) is 5.91 Å². The van der Waals surface area contributed by atoms with Crippen LogP contribution in [0.15, 0.2) is 79.0 Å². The highest BCUT2D eigenvalue weighted by Gasteiger charge is 2.21. The van der Waals surface area contributed by atoms with Crippen LogP contribution in [0.4, 0.5) is 16.3 Å². The largest absolute Gasteiger partial charge is 0.480 e. The molecule has 1 aliphatic rings. The standard InChI is InChI=1S/C16H15N3O3.C10H14N4O/c17-15(18)11-5-4-6-12(9-11)16(22)19(10-14(20)21)13-7-2-1-3-8-13;11-10(15)14-7-5-13(6-8-14)9-3-1-2-4-12-9/h1-9H,10H2,(H3,17,18)(H,20,21);1-4H,5-8H2,(H2,11,15). The van der Waals surface area contributed by atoms with Crippen molar-refractivity contribution in [3.05, 3.63) is 90.1 Å². The summed E-state index contributed by atoms with van der Waals surface area (Å²) in [7, 11) is 0. The fourth-order valence-electron chi connectivity index (χ4n) is 3.70. The molecule has 0 aliphatic carbocycles. The molecule has 3 amide bonds. The second kappa shape index (κ2) is 12.7. The summed E-state index contributed by atoms with van der Waals surface area (Å²) in [6.07, 6.45) is 1.77. The number of carboxylic acid groups (broad SMARTS) is 1. The average molecular weight is 504 g/mol. The number of carboxylic acids is 1. The smallest absolute Gasteiger partial charge is 0.323 e. The number of carbonyl (C=O) groups is 3. The van der Waals surface area contributed by atoms with Gasteiger partial charge in [-0.3, -0.25) is 19.9 Å². The summed E-state index contributed by atoms with van der Waals surface area (Å²) in [5, 5.41) is 16.5. The summed E-state index contributed by atoms with van der Waals surface area (Å²) in [5.41, 5.74) is 11.8. The minimum absolute atomic E-state index is 0.154. The van der Waals surface area contributed by atoms with Crippen LogP contribution in [0.3, 0.4) is 0 Å². The van der Waals surface area contributed by atoms with E-state index in [0.717, 1.165) is 18.9 Å². The van der Waals surface area contributed by atoms with Crippen LogP contribution in [0.1, 0.15) is 15.9 Å². The number of nitrogens with two attached hydrogens (primary N) is 2. The minimum Gasteiger partial charge on any atom is -0.480 e. The van der Waals surface area contributed by atoms with Gasteiger partial charge in [0.15, 0.2) is 0 Å². The first-order valence-electron chi connectivity index (χ1n) is 11.5. The van der Waals surface area contributed by atoms with Crippen LogP contribution in [-0.2, 0) is 4.79 Å². The second-order valence-electron chi connectivity index (χ2n) is 8.12. The van der Waals surface area contributed by atoms with Gasteiger partial charge in [-0.1, -0.05) is 36.4 Å². The number of pyridine rings is 1. The summed E-state index contributed by atoms with van der Waals surface area (Å²) in [5.74, 6) is -0.766. The van der Waals surface area contributed by atoms with E-state index < -0.39 is 18.4 Å². The molecule has 1 saturated heterocycles. The Morgan fingerprint density at radius 2 is 1.54 bits per heavy atom. The lowest BCUT2D eigenvalue weighted by Gasteiger charge is -2.34. The molecule has 6 N–H and O–H groups in total. The van der Waals surface area contributed by atoms with Gasteiger partial charge in [-0.2, -0.15) is 0 Å². The third-order valence-electron chi connectivity index (χ3n) is 5.59. The van der Waals surface area contributed by atoms with Crippen LogP contribution < -0.4 is 21.3 Å². The topological polar surface area (TPSA) is 170 Å². The number of anilines is 2. The quantitative estimate of drug-likeness (QED) is 0.294. The number of aliphatic carboxylic acids is 1. The molecular formula is C26H29N7O4. The van der Waals surface area contributed by atoms with Crippen molar-refractivity contribution in [1.82, 2.24) is 9.88 Å². The first kappa shape index (κ1) is 26.7. The number of carbonyl (C=O) groups excluding carboxylic acids is 2. The number of hydrogen-bond acceptors (Lipinski definition) is 6. The SMILES string of the molecule is N=C(N)c1cccc(C(=O)N(CC(=O)O)c2ccccc2)c1.NC(=O)N1CCN(c2ccccn2)CC1. The molecule has 2 aromatic carbocycles. The highest BCUT2D eigenvalue weighted by molar-refractivity contribution is 6.09. The lowest BCUT2D eigenvalue weighted by atomic mass is 10.1. The van der Waals surface area contributed by atoms with Crippen molar-refractivity contribution in [2.24, 2.45) is 11.5 Å². The number of benzene rings is 2. The molecule has 0 unspecified atom stereocenters. The molecule has 4 rings (SSSR count). The first-order chi connectivity index (χ1) is 17.8. The van der Waals surface area contributed by atoms with Gasteiger partial charge >= 0.3 is 12.0 Å². The summed E-state index contributed by atoms with van der Waals surface area (Å²) < 4.78 is 0. The Morgan fingerprint density at radius 1 is 0.892 bits per heavy atom. The number of urea groups is 1. The molecule has 0 bridgehead atoms. The fourth-order valence-corrected chi connectivity index (χ4v) is 3.70. The number of nitrogen functional groups attached to an aromatic ring is 1. The molecule has 11 heteroatoms. The van der Waals surface area contributed by atoms with Crippen molar-refractivity contribution in [3.8, 4) is 0 Å². The Bertz CT molecular complexity index is 1230. The number of nitrogens with zero attached hydrogens (tertiary/aromatic N) is 4. The number of hydrogen-bond donors (Lipinski definition) is 4. The first-order valence-corrected chi connectivity index (χ1v) is 11.5. The van der Waals surface area contributed by atoms with E-state index in [-0.39, 0.29) is 17.4 Å². The molecule has 1 fully saturated rings. The number of amides is 3. The Morgan fingerprint density at radius 3 is 2.11 bits per heavy atom. The maximum absolute atomic E-state index is 12.6. The third kappa shape index (κ3) is 7.52. The average Bonchev–Trinajstić information content (AvgIpc) is 2.92. The van der Waals surface area contributed by atoms with Gasteiger partial charge in [-0.05, 0) is 36.4 Å². The van der Waals surface area contributed by atoms with E-state index in [1.807, 2.05) is 18.2 Å². The van der Waals surface area contributed by atoms with E-state index in [0.29, 0.717) is 24.3 Å². The summed E-state index contributed by atoms with van der Waals surface area (Å²) in [4.78, 5) is 43.8. The van der Waals surface area contributed by atoms with Crippen molar-refractivity contribution in [2.45, 2.75) is 0 Å². The molecule has 1 aromatic heterocycles. The molecule has 0 atom stereocenters. The number of nitrogens with one attached hydrogen (secondary N) is 1. The predicted molar refractivity (Wildman–Crippen MR) is 141 cm³/mol. The fraction of sp³-hybridized carbons (Fsp3) is 0.192. The number of primary amides is 1. The maximum Gasteiger partial charge on any atom is 0.323 e. The Balaban J connectivity index is 0.000000220. The molecule has 0 spiro atoms. The van der Waals surface area contributed by atoms with Crippen LogP contribution in [0.25, 0.3) is 0 Å². The van der Waals surface area contributed by atoms with Crippen molar-refractivity contribution < 1.29 is 19.5 Å². The van der Waals surface area contributed by atoms with Crippen LogP contribution in [0, 0.1) is 5.41 Å². The number of para-hydroxylation sites is 1. The molecule has 1 aliphatic heterocycles. The predicted octanol–water partition coefficient (Wildman–Crippen LogP) is 1.98. The van der Waals surface area contributed by atoms with Gasteiger partial charge in [-0.15, -0.1) is 0 Å². The highest BCUT2D eigenvalue weighted by atomic mass is 16.4. The summed E-state index contributed by atoms with van der Waals surface area (Å²) in [6, 6.07) is 20.3. The monoisotopic (exact) mass is 503 g/mol. The summed E-state index contributed by atoms with van der Waals surface area (Å²) in [6.45, 7) is 2.48. The zero-order valence-electron chi connectivity index (χ0n) is 20.2. The zero-order chi connectivity index (χ0) is 26.8. The minimum atomic E-state index is -1.11. The highest BCUT2D eigenvalue weighted by Crippen LogP contribution is 2.17. The van der Waals surface area contributed by atoms with Gasteiger partial charge < -0.3 is 26.4 Å². The van der Waals surface area contributed by atoms with E-state index in [1.165, 1.54) is 11.0 Å². The van der Waals surface area contributed by atoms with Gasteiger partial charge in [-0.25, -0.2) is 9.78 Å². The number of amidine groups is 1. The Kier molecular flexibility index (Phi) is 9.14. The van der Waals surface area contributed by atoms with Crippen LogP contribution in [-0.4, -0.2) is 71.5 Å². The van der Waals surface area contributed by atoms with E-state index in [1.54, 1.807) is 59.6 Å². The van der Waals surface area contributed by atoms with E-state index in [2.05, 4.69) is 9.88 Å². The van der Waals surface area contributed by atoms with E-state index in [9.17, 15) is 14.4 Å². The molecule has 11 nitrogen and oxygen atoms in total. The molecule has 2 heterocycles. The molecule has 0 saturated carbocycles. The Hall–Kier alpha value is -4.93. The van der Waals surface area contributed by atoms with Crippen LogP contribution >= 0.6 is 0 Å². The number of aromatic nitrogens is 1. The maximum atomic E-state index is 12.6. The normalized spacial score (nSPS) is 12.6. The lowest BCUT2D eigenvalue weighted by Crippen LogP contribution is -2.50. The van der Waals surface area contributed by atoms with Crippen LogP contribution in [0.5, 0.6) is 0 Å². The summed E-state index contributed by atoms with van der Waals surface area (Å²) >= 11 is 0. The molecule has 37 heavy (non-hydrogen) atoms. The molecule has 0 radical (unpaired) electrons. The van der Waals surface area contributed by atoms with Crippen molar-refractivity contribution in [2.75, 3.05) is 42.5 Å². The van der Waals surface area contributed by atoms with Gasteiger partial charge in [0.2, 0.25) is 0 Å². The Labute approximate surface area is 214 Å². The van der Waals surface area contributed by atoms with Gasteiger partial charge in [0, 0.05) is 49.2 Å². The van der Waals surface area contributed by atoms with Crippen molar-refractivity contribution in [3.63, 3.8) is 0 Å². The molecule has 3 aromatic rings. The van der Waals surface area contributed by atoms with Gasteiger partial charge in [0.1, 0.15) is 18.2 Å². The number of piperazine rings is 1. The number of rotatable bonds is 6. The van der Waals surface area contributed by atoms with Crippen LogP contribution in [0.2, 0.25) is 0 Å². The lowest BCUT2D eigenvalue weighted by molar-refractivity contribution is -0.135. The van der Waals surface area contributed by atoms with Crippen molar-refractivity contribution in [1.29, 1.82) is 5.41 Å². The van der Waals surface area contributed by atoms with Gasteiger partial charge in [0.05, 0.1) is 0 Å². The van der Waals surface area contributed by atoms with Crippen molar-refractivity contribution >= 4 is 35.2 Å². The van der Waals surface area contributed by atoms with E-state index >= 15 is 0 Å². The molecule has 192 valence electrons. The zero-order valence-corrected chi connectivity index (χ0v) is 20.2. The second-order valence-corrected chi connectivity index (χ2v) is 8.12. The molecular weight excluding hydrogens is 474 g/mol. The third-order valence-corrected chi connectivity index (χ3v) is 5.59. The van der Waals surface area contributed by atoms with E-state index in [4.69, 9.17) is 22.0 Å².